The SMILES string of the molecule is COC(=O)[C@@H]1CN(C(=O)C2CCN(S(=O)(=O)c3ccccc3)CC2)c2ccccc2O1. The number of ether oxygens (including phenoxy) is 2. The summed E-state index contributed by atoms with van der Waals surface area (Å²) >= 11 is 0. The van der Waals surface area contributed by atoms with Crippen molar-refractivity contribution in [3.05, 3.63) is 54.6 Å². The van der Waals surface area contributed by atoms with E-state index in [4.69, 9.17) is 9.47 Å². The Hall–Kier alpha value is -2.91. The van der Waals surface area contributed by atoms with Crippen LogP contribution in [-0.4, -0.2) is 57.4 Å². The van der Waals surface area contributed by atoms with Gasteiger partial charge in [0.15, 0.2) is 0 Å². The minimum absolute atomic E-state index is 0.0606. The van der Waals surface area contributed by atoms with Crippen molar-refractivity contribution < 1.29 is 27.5 Å². The molecule has 164 valence electrons. The number of sulfonamides is 1. The van der Waals surface area contributed by atoms with Crippen molar-refractivity contribution in [3.8, 4) is 5.75 Å². The van der Waals surface area contributed by atoms with Crippen LogP contribution in [0.4, 0.5) is 5.69 Å². The van der Waals surface area contributed by atoms with Crippen LogP contribution < -0.4 is 9.64 Å². The number of benzene rings is 2. The van der Waals surface area contributed by atoms with Crippen LogP contribution in [0.5, 0.6) is 5.75 Å². The maximum atomic E-state index is 13.3. The summed E-state index contributed by atoms with van der Waals surface area (Å²) in [5.74, 6) is -0.578. The number of esters is 1. The third-order valence-electron chi connectivity index (χ3n) is 5.69. The van der Waals surface area contributed by atoms with Crippen LogP contribution in [0.25, 0.3) is 0 Å². The molecule has 0 aliphatic carbocycles. The highest BCUT2D eigenvalue weighted by atomic mass is 32.2. The molecule has 0 aromatic heterocycles. The molecule has 0 N–H and O–H groups in total. The summed E-state index contributed by atoms with van der Waals surface area (Å²) < 4.78 is 37.6. The lowest BCUT2D eigenvalue weighted by Gasteiger charge is -2.37. The molecule has 0 spiro atoms. The molecule has 0 bridgehead atoms. The van der Waals surface area contributed by atoms with Crippen LogP contribution in [0.3, 0.4) is 0 Å². The Bertz CT molecular complexity index is 1060. The molecule has 2 aliphatic rings. The number of piperidine rings is 1. The smallest absolute Gasteiger partial charge is 0.348 e. The first-order valence-corrected chi connectivity index (χ1v) is 11.6. The number of para-hydroxylation sites is 2. The molecule has 2 aromatic carbocycles. The second-order valence-electron chi connectivity index (χ2n) is 7.54. The average molecular weight is 445 g/mol. The summed E-state index contributed by atoms with van der Waals surface area (Å²) in [6.45, 7) is 0.588. The monoisotopic (exact) mass is 444 g/mol. The van der Waals surface area contributed by atoms with Crippen molar-refractivity contribution in [2.45, 2.75) is 23.8 Å². The predicted molar refractivity (Wildman–Crippen MR) is 113 cm³/mol. The van der Waals surface area contributed by atoms with Gasteiger partial charge in [-0.3, -0.25) is 4.79 Å². The second-order valence-corrected chi connectivity index (χ2v) is 9.48. The maximum absolute atomic E-state index is 13.3. The highest BCUT2D eigenvalue weighted by molar-refractivity contribution is 7.89. The fraction of sp³-hybridized carbons (Fsp3) is 0.364. The van der Waals surface area contributed by atoms with E-state index in [1.165, 1.54) is 11.4 Å². The van der Waals surface area contributed by atoms with E-state index in [-0.39, 0.29) is 36.4 Å². The first-order chi connectivity index (χ1) is 14.9. The summed E-state index contributed by atoms with van der Waals surface area (Å²) in [5, 5.41) is 0. The van der Waals surface area contributed by atoms with Gasteiger partial charge in [-0.05, 0) is 37.1 Å². The number of hydrogen-bond acceptors (Lipinski definition) is 6. The first-order valence-electron chi connectivity index (χ1n) is 10.1. The number of nitrogens with zero attached hydrogens (tertiary/aromatic N) is 2. The topological polar surface area (TPSA) is 93.2 Å². The average Bonchev–Trinajstić information content (AvgIpc) is 2.83. The van der Waals surface area contributed by atoms with Crippen LogP contribution in [0.15, 0.2) is 59.5 Å². The van der Waals surface area contributed by atoms with E-state index in [2.05, 4.69) is 0 Å². The largest absolute Gasteiger partial charge is 0.475 e. The van der Waals surface area contributed by atoms with Gasteiger partial charge in [0.05, 0.1) is 24.2 Å². The van der Waals surface area contributed by atoms with Crippen molar-refractivity contribution in [2.24, 2.45) is 5.92 Å². The first kappa shape index (κ1) is 21.3. The fourth-order valence-electron chi connectivity index (χ4n) is 4.00. The van der Waals surface area contributed by atoms with Crippen LogP contribution in [0.1, 0.15) is 12.8 Å². The van der Waals surface area contributed by atoms with Gasteiger partial charge in [0, 0.05) is 19.0 Å². The van der Waals surface area contributed by atoms with Gasteiger partial charge in [-0.25, -0.2) is 13.2 Å². The number of rotatable bonds is 4. The Balaban J connectivity index is 1.49. The molecule has 1 fully saturated rings. The van der Waals surface area contributed by atoms with Crippen molar-refractivity contribution in [1.29, 1.82) is 0 Å². The molecule has 2 heterocycles. The van der Waals surface area contributed by atoms with E-state index in [0.29, 0.717) is 24.3 Å². The lowest BCUT2D eigenvalue weighted by molar-refractivity contribution is -0.148. The number of fused-ring (bicyclic) bond motifs is 1. The minimum Gasteiger partial charge on any atom is -0.475 e. The van der Waals surface area contributed by atoms with Crippen molar-refractivity contribution in [1.82, 2.24) is 4.31 Å². The molecule has 0 unspecified atom stereocenters. The normalized spacial score (nSPS) is 19.9. The number of carbonyl (C=O) groups is 2. The molecule has 2 aromatic rings. The molecular weight excluding hydrogens is 420 g/mol. The molecule has 2 aliphatic heterocycles. The third-order valence-corrected chi connectivity index (χ3v) is 7.60. The molecule has 0 saturated carbocycles. The summed E-state index contributed by atoms with van der Waals surface area (Å²) in [6, 6.07) is 15.4. The number of methoxy groups -OCH3 is 1. The van der Waals surface area contributed by atoms with Gasteiger partial charge in [-0.1, -0.05) is 30.3 Å². The quantitative estimate of drug-likeness (QED) is 0.670. The van der Waals surface area contributed by atoms with Gasteiger partial charge in [0.25, 0.3) is 0 Å². The highest BCUT2D eigenvalue weighted by Gasteiger charge is 2.39. The zero-order valence-corrected chi connectivity index (χ0v) is 18.0. The minimum atomic E-state index is -3.58. The van der Waals surface area contributed by atoms with Crippen molar-refractivity contribution >= 4 is 27.6 Å². The summed E-state index contributed by atoms with van der Waals surface area (Å²) in [5.41, 5.74) is 0.604. The van der Waals surface area contributed by atoms with E-state index in [9.17, 15) is 18.0 Å². The standard InChI is InChI=1S/C22H24N2O6S/c1-29-22(26)20-15-24(18-9-5-6-10-19(18)30-20)21(25)16-11-13-23(14-12-16)31(27,28)17-7-3-2-4-8-17/h2-10,16,20H,11-15H2,1H3/t20-/m0/s1. The van der Waals surface area contributed by atoms with E-state index in [0.717, 1.165) is 0 Å². The maximum Gasteiger partial charge on any atom is 0.348 e. The van der Waals surface area contributed by atoms with E-state index in [1.54, 1.807) is 59.5 Å². The molecule has 9 heteroatoms. The predicted octanol–water partition coefficient (Wildman–Crippen LogP) is 2.05. The Kier molecular flexibility index (Phi) is 5.97. The van der Waals surface area contributed by atoms with Gasteiger partial charge in [0.1, 0.15) is 5.75 Å². The van der Waals surface area contributed by atoms with Crippen LogP contribution in [0, 0.1) is 5.92 Å². The number of anilines is 1. The number of carbonyl (C=O) groups excluding carboxylic acids is 2. The lowest BCUT2D eigenvalue weighted by Crippen LogP contribution is -2.51. The second kappa shape index (κ2) is 8.68. The summed E-state index contributed by atoms with van der Waals surface area (Å²) in [7, 11) is -2.30. The van der Waals surface area contributed by atoms with Crippen molar-refractivity contribution in [3.63, 3.8) is 0 Å². The zero-order valence-electron chi connectivity index (χ0n) is 17.1. The van der Waals surface area contributed by atoms with E-state index >= 15 is 0 Å². The van der Waals surface area contributed by atoms with Gasteiger partial charge in [0.2, 0.25) is 22.0 Å². The molecule has 1 amide bonds. The fourth-order valence-corrected chi connectivity index (χ4v) is 5.49. The van der Waals surface area contributed by atoms with E-state index < -0.39 is 22.1 Å². The van der Waals surface area contributed by atoms with E-state index in [1.807, 2.05) is 0 Å². The summed E-state index contributed by atoms with van der Waals surface area (Å²) in [4.78, 5) is 27.2. The number of amides is 1. The van der Waals surface area contributed by atoms with Crippen molar-refractivity contribution in [2.75, 3.05) is 31.6 Å². The highest BCUT2D eigenvalue weighted by Crippen LogP contribution is 2.35. The molecule has 1 atom stereocenters. The van der Waals surface area contributed by atoms with Crippen LogP contribution >= 0.6 is 0 Å². The van der Waals surface area contributed by atoms with Gasteiger partial charge in [-0.15, -0.1) is 0 Å². The van der Waals surface area contributed by atoms with Crippen LogP contribution in [-0.2, 0) is 24.3 Å². The Labute approximate surface area is 181 Å². The summed E-state index contributed by atoms with van der Waals surface area (Å²) in [6.07, 6.45) is -0.0805. The Morgan fingerprint density at radius 1 is 1.00 bits per heavy atom. The third kappa shape index (κ3) is 4.15. The lowest BCUT2D eigenvalue weighted by atomic mass is 9.95. The van der Waals surface area contributed by atoms with Gasteiger partial charge in [-0.2, -0.15) is 4.31 Å². The Morgan fingerprint density at radius 3 is 2.32 bits per heavy atom. The zero-order chi connectivity index (χ0) is 22.0. The molecule has 0 radical (unpaired) electrons. The molecule has 1 saturated heterocycles. The molecular formula is C22H24N2O6S. The van der Waals surface area contributed by atoms with Gasteiger partial charge >= 0.3 is 5.97 Å². The van der Waals surface area contributed by atoms with Crippen LogP contribution in [0.2, 0.25) is 0 Å². The molecule has 31 heavy (non-hydrogen) atoms. The molecule has 4 rings (SSSR count). The number of hydrogen-bond donors (Lipinski definition) is 0. The van der Waals surface area contributed by atoms with Gasteiger partial charge < -0.3 is 14.4 Å². The molecule has 8 nitrogen and oxygen atoms in total. The Morgan fingerprint density at radius 2 is 1.65 bits per heavy atom.